The van der Waals surface area contributed by atoms with Gasteiger partial charge in [-0.25, -0.2) is 0 Å². The maximum atomic E-state index is 12.6. The van der Waals surface area contributed by atoms with Crippen molar-refractivity contribution in [3.63, 3.8) is 0 Å². The van der Waals surface area contributed by atoms with Gasteiger partial charge in [-0.3, -0.25) is 19.8 Å². The molecule has 28 heavy (non-hydrogen) atoms. The first kappa shape index (κ1) is 18.2. The summed E-state index contributed by atoms with van der Waals surface area (Å²) < 4.78 is 11.5. The highest BCUT2D eigenvalue weighted by Gasteiger charge is 2.32. The van der Waals surface area contributed by atoms with Gasteiger partial charge in [0, 0.05) is 23.8 Å². The molecular weight excluding hydrogens is 400 g/mol. The highest BCUT2D eigenvalue weighted by atomic mass is 32.2. The van der Waals surface area contributed by atoms with Crippen molar-refractivity contribution in [1.29, 1.82) is 0 Å². The molecule has 2 aromatic heterocycles. The molecule has 1 saturated heterocycles. The number of nitro benzene ring substituents is 1. The average Bonchev–Trinajstić information content (AvgIpc) is 3.41. The third kappa shape index (κ3) is 3.62. The Labute approximate surface area is 168 Å². The van der Waals surface area contributed by atoms with E-state index >= 15 is 0 Å². The summed E-state index contributed by atoms with van der Waals surface area (Å²) >= 11 is 6.48. The summed E-state index contributed by atoms with van der Waals surface area (Å²) in [5.74, 6) is 1.35. The van der Waals surface area contributed by atoms with Crippen LogP contribution in [0, 0.1) is 10.1 Å². The molecule has 0 unspecified atom stereocenters. The summed E-state index contributed by atoms with van der Waals surface area (Å²) in [5, 5.41) is 10.9. The Kier molecular flexibility index (Phi) is 4.84. The van der Waals surface area contributed by atoms with Crippen molar-refractivity contribution in [3.8, 4) is 11.3 Å². The summed E-state index contributed by atoms with van der Waals surface area (Å²) in [7, 11) is 0. The van der Waals surface area contributed by atoms with Gasteiger partial charge in [0.2, 0.25) is 0 Å². The van der Waals surface area contributed by atoms with E-state index in [1.165, 1.54) is 28.8 Å². The number of nitro groups is 1. The topological polar surface area (TPSA) is 89.7 Å². The molecular formula is C19H12N2O5S2. The Bertz CT molecular complexity index is 1100. The Hall–Kier alpha value is -3.17. The minimum absolute atomic E-state index is 0.0192. The van der Waals surface area contributed by atoms with E-state index in [2.05, 4.69) is 0 Å². The largest absolute Gasteiger partial charge is 0.467 e. The molecule has 140 valence electrons. The van der Waals surface area contributed by atoms with E-state index in [1.807, 2.05) is 0 Å². The van der Waals surface area contributed by atoms with E-state index in [9.17, 15) is 14.9 Å². The maximum absolute atomic E-state index is 12.6. The zero-order valence-corrected chi connectivity index (χ0v) is 15.9. The lowest BCUT2D eigenvalue weighted by atomic mass is 10.1. The van der Waals surface area contributed by atoms with E-state index in [-0.39, 0.29) is 18.1 Å². The number of amides is 1. The number of nitrogens with zero attached hydrogens (tertiary/aromatic N) is 2. The van der Waals surface area contributed by atoms with Crippen molar-refractivity contribution < 1.29 is 18.6 Å². The normalized spacial score (nSPS) is 15.6. The van der Waals surface area contributed by atoms with Crippen LogP contribution in [0.3, 0.4) is 0 Å². The number of hydrogen-bond donors (Lipinski definition) is 0. The zero-order valence-electron chi connectivity index (χ0n) is 14.2. The van der Waals surface area contributed by atoms with E-state index in [0.29, 0.717) is 32.1 Å². The minimum atomic E-state index is -0.461. The van der Waals surface area contributed by atoms with Gasteiger partial charge in [-0.05, 0) is 24.3 Å². The molecule has 1 amide bonds. The highest BCUT2D eigenvalue weighted by Crippen LogP contribution is 2.34. The number of carbonyl (C=O) groups is 1. The van der Waals surface area contributed by atoms with Crippen LogP contribution in [0.1, 0.15) is 11.5 Å². The third-order valence-corrected chi connectivity index (χ3v) is 5.39. The van der Waals surface area contributed by atoms with E-state index in [1.54, 1.807) is 48.7 Å². The molecule has 3 heterocycles. The first-order valence-corrected chi connectivity index (χ1v) is 9.36. The Morgan fingerprint density at radius 2 is 2.07 bits per heavy atom. The fraction of sp³-hybridized carbons (Fsp3) is 0.0526. The van der Waals surface area contributed by atoms with Crippen LogP contribution in [0.4, 0.5) is 5.69 Å². The molecule has 0 spiro atoms. The molecule has 0 atom stereocenters. The van der Waals surface area contributed by atoms with Gasteiger partial charge in [-0.15, -0.1) is 0 Å². The van der Waals surface area contributed by atoms with Crippen molar-refractivity contribution in [3.05, 3.63) is 81.3 Å². The predicted octanol–water partition coefficient (Wildman–Crippen LogP) is 4.85. The summed E-state index contributed by atoms with van der Waals surface area (Å²) in [6.07, 6.45) is 3.16. The molecule has 0 aliphatic carbocycles. The number of thiocarbonyl (C=S) groups is 1. The van der Waals surface area contributed by atoms with Crippen LogP contribution in [0.5, 0.6) is 0 Å². The van der Waals surface area contributed by atoms with Crippen LogP contribution in [0.2, 0.25) is 0 Å². The lowest BCUT2D eigenvalue weighted by Crippen LogP contribution is -2.27. The van der Waals surface area contributed by atoms with E-state index in [0.717, 1.165) is 0 Å². The van der Waals surface area contributed by atoms with Gasteiger partial charge in [0.15, 0.2) is 0 Å². The molecule has 0 radical (unpaired) electrons. The Morgan fingerprint density at radius 1 is 1.21 bits per heavy atom. The fourth-order valence-corrected chi connectivity index (χ4v) is 3.92. The molecule has 1 aromatic carbocycles. The monoisotopic (exact) mass is 412 g/mol. The molecule has 0 bridgehead atoms. The molecule has 9 heteroatoms. The molecule has 0 saturated carbocycles. The van der Waals surface area contributed by atoms with Gasteiger partial charge in [-0.2, -0.15) is 0 Å². The van der Waals surface area contributed by atoms with Gasteiger partial charge < -0.3 is 8.83 Å². The lowest BCUT2D eigenvalue weighted by Gasteiger charge is -2.11. The number of carbonyl (C=O) groups excluding carboxylic acids is 1. The quantitative estimate of drug-likeness (QED) is 0.256. The van der Waals surface area contributed by atoms with Gasteiger partial charge in [0.1, 0.15) is 21.6 Å². The van der Waals surface area contributed by atoms with Crippen LogP contribution >= 0.6 is 24.0 Å². The second-order valence-corrected chi connectivity index (χ2v) is 7.53. The number of hydrogen-bond acceptors (Lipinski definition) is 7. The Morgan fingerprint density at radius 3 is 2.82 bits per heavy atom. The third-order valence-electron chi connectivity index (χ3n) is 4.01. The lowest BCUT2D eigenvalue weighted by molar-refractivity contribution is -0.384. The first-order chi connectivity index (χ1) is 13.5. The van der Waals surface area contributed by atoms with Crippen LogP contribution < -0.4 is 0 Å². The van der Waals surface area contributed by atoms with Crippen LogP contribution in [0.25, 0.3) is 17.4 Å². The zero-order chi connectivity index (χ0) is 19.7. The van der Waals surface area contributed by atoms with Gasteiger partial charge in [-0.1, -0.05) is 36.1 Å². The maximum Gasteiger partial charge on any atom is 0.270 e. The number of thioether (sulfide) groups is 1. The van der Waals surface area contributed by atoms with E-state index < -0.39 is 4.92 Å². The van der Waals surface area contributed by atoms with Crippen molar-refractivity contribution in [2.45, 2.75) is 6.54 Å². The standard InChI is InChI=1S/C19H12N2O5S2/c22-18-17(28-19(27)20(18)11-15-5-2-8-25-15)10-14-6-7-16(26-14)12-3-1-4-13(9-12)21(23)24/h1-10H,11H2/b17-10-. The van der Waals surface area contributed by atoms with Crippen LogP contribution in [-0.2, 0) is 11.3 Å². The van der Waals surface area contributed by atoms with Crippen molar-refractivity contribution in [2.75, 3.05) is 0 Å². The molecule has 0 N–H and O–H groups in total. The van der Waals surface area contributed by atoms with Crippen molar-refractivity contribution in [1.82, 2.24) is 4.90 Å². The predicted molar refractivity (Wildman–Crippen MR) is 108 cm³/mol. The SMILES string of the molecule is O=C1/C(=C/c2ccc(-c3cccc([N+](=O)[O-])c3)o2)SC(=S)N1Cc1ccco1. The highest BCUT2D eigenvalue weighted by molar-refractivity contribution is 8.26. The molecule has 3 aromatic rings. The summed E-state index contributed by atoms with van der Waals surface area (Å²) in [6, 6.07) is 13.1. The molecule has 1 aliphatic rings. The van der Waals surface area contributed by atoms with E-state index in [4.69, 9.17) is 21.1 Å². The van der Waals surface area contributed by atoms with Gasteiger partial charge in [0.25, 0.3) is 11.6 Å². The number of non-ortho nitro benzene ring substituents is 1. The van der Waals surface area contributed by atoms with Crippen LogP contribution in [-0.4, -0.2) is 20.1 Å². The number of furan rings is 2. The second-order valence-electron chi connectivity index (χ2n) is 5.86. The van der Waals surface area contributed by atoms with Gasteiger partial charge in [0.05, 0.1) is 22.6 Å². The number of benzene rings is 1. The van der Waals surface area contributed by atoms with Crippen molar-refractivity contribution in [2.24, 2.45) is 0 Å². The van der Waals surface area contributed by atoms with Gasteiger partial charge >= 0.3 is 0 Å². The smallest absolute Gasteiger partial charge is 0.270 e. The van der Waals surface area contributed by atoms with Crippen LogP contribution in [0.15, 0.2) is 68.5 Å². The molecule has 1 fully saturated rings. The average molecular weight is 412 g/mol. The van der Waals surface area contributed by atoms with Crippen molar-refractivity contribution >= 4 is 46.0 Å². The molecule has 4 rings (SSSR count). The minimum Gasteiger partial charge on any atom is -0.467 e. The summed E-state index contributed by atoms with van der Waals surface area (Å²) in [4.78, 5) is 25.0. The first-order valence-electron chi connectivity index (χ1n) is 8.14. The second kappa shape index (κ2) is 7.45. The number of rotatable bonds is 5. The molecule has 7 nitrogen and oxygen atoms in total. The summed E-state index contributed by atoms with van der Waals surface area (Å²) in [5.41, 5.74) is 0.563. The Balaban J connectivity index is 1.55. The molecule has 1 aliphatic heterocycles. The fourth-order valence-electron chi connectivity index (χ4n) is 2.68. The summed E-state index contributed by atoms with van der Waals surface area (Å²) in [6.45, 7) is 0.270.